The van der Waals surface area contributed by atoms with Crippen LogP contribution in [0.1, 0.15) is 32.4 Å². The summed E-state index contributed by atoms with van der Waals surface area (Å²) >= 11 is 0. The number of hydrogen-bond acceptors (Lipinski definition) is 3. The summed E-state index contributed by atoms with van der Waals surface area (Å²) in [5.41, 5.74) is 1.01. The minimum absolute atomic E-state index is 0.0895. The van der Waals surface area contributed by atoms with Crippen LogP contribution < -0.4 is 0 Å². The fourth-order valence-electron chi connectivity index (χ4n) is 2.07. The van der Waals surface area contributed by atoms with Crippen LogP contribution in [-0.2, 0) is 4.79 Å². The van der Waals surface area contributed by atoms with Crippen molar-refractivity contribution in [3.63, 3.8) is 0 Å². The van der Waals surface area contributed by atoms with Crippen LogP contribution in [0.5, 0.6) is 5.75 Å². The highest BCUT2D eigenvalue weighted by Gasteiger charge is 2.17. The van der Waals surface area contributed by atoms with Gasteiger partial charge in [0.1, 0.15) is 5.75 Å². The van der Waals surface area contributed by atoms with Crippen molar-refractivity contribution in [1.82, 2.24) is 9.80 Å². The average Bonchev–Trinajstić information content (AvgIpc) is 2.39. The number of aromatic hydroxyl groups is 1. The maximum atomic E-state index is 12.1. The largest absolute Gasteiger partial charge is 0.508 e. The molecule has 106 valence electrons. The van der Waals surface area contributed by atoms with Gasteiger partial charge < -0.3 is 10.0 Å². The van der Waals surface area contributed by atoms with E-state index in [-0.39, 0.29) is 17.7 Å². The van der Waals surface area contributed by atoms with Gasteiger partial charge in [0.25, 0.3) is 0 Å². The van der Waals surface area contributed by atoms with E-state index in [1.807, 2.05) is 49.8 Å². The Morgan fingerprint density at radius 1 is 1.32 bits per heavy atom. The van der Waals surface area contributed by atoms with E-state index in [1.165, 1.54) is 0 Å². The molecule has 0 heterocycles. The zero-order valence-corrected chi connectivity index (χ0v) is 12.3. The van der Waals surface area contributed by atoms with E-state index in [9.17, 15) is 9.90 Å². The molecule has 0 aliphatic carbocycles. The van der Waals surface area contributed by atoms with Crippen molar-refractivity contribution >= 4 is 5.91 Å². The highest BCUT2D eigenvalue weighted by molar-refractivity contribution is 5.78. The molecule has 0 saturated heterocycles. The standard InChI is InChI=1S/C15H24N2O2/c1-5-17(6-2)15(19)11-16(4)12(3)13-8-7-9-14(18)10-13/h7-10,12,18H,5-6,11H2,1-4H3. The molecule has 4 heteroatoms. The summed E-state index contributed by atoms with van der Waals surface area (Å²) in [5.74, 6) is 0.396. The first-order chi connectivity index (χ1) is 8.99. The van der Waals surface area contributed by atoms with Crippen molar-refractivity contribution in [3.8, 4) is 5.75 Å². The Kier molecular flexibility index (Phi) is 5.83. The zero-order valence-electron chi connectivity index (χ0n) is 12.3. The Labute approximate surface area is 115 Å². The summed E-state index contributed by atoms with van der Waals surface area (Å²) in [6.07, 6.45) is 0. The number of phenolic OH excluding ortho intramolecular Hbond substituents is 1. The molecule has 19 heavy (non-hydrogen) atoms. The highest BCUT2D eigenvalue weighted by atomic mass is 16.3. The number of amides is 1. The molecule has 0 aliphatic rings. The van der Waals surface area contributed by atoms with Gasteiger partial charge in [0.15, 0.2) is 0 Å². The number of carbonyl (C=O) groups is 1. The van der Waals surface area contributed by atoms with Gasteiger partial charge in [-0.3, -0.25) is 9.69 Å². The topological polar surface area (TPSA) is 43.8 Å². The lowest BCUT2D eigenvalue weighted by atomic mass is 10.1. The maximum absolute atomic E-state index is 12.1. The number of phenols is 1. The third-order valence-corrected chi connectivity index (χ3v) is 3.51. The number of rotatable bonds is 6. The summed E-state index contributed by atoms with van der Waals surface area (Å²) in [7, 11) is 1.93. The lowest BCUT2D eigenvalue weighted by molar-refractivity contribution is -0.132. The molecule has 1 aromatic carbocycles. The van der Waals surface area contributed by atoms with E-state index in [2.05, 4.69) is 0 Å². The van der Waals surface area contributed by atoms with Crippen molar-refractivity contribution in [2.45, 2.75) is 26.8 Å². The number of carbonyl (C=O) groups excluding carboxylic acids is 1. The minimum atomic E-state index is 0.0895. The summed E-state index contributed by atoms with van der Waals surface area (Å²) in [6.45, 7) is 7.87. The van der Waals surface area contributed by atoms with Crippen molar-refractivity contribution in [1.29, 1.82) is 0 Å². The van der Waals surface area contributed by atoms with Gasteiger partial charge in [-0.25, -0.2) is 0 Å². The Hall–Kier alpha value is -1.55. The van der Waals surface area contributed by atoms with Crippen molar-refractivity contribution in [2.75, 3.05) is 26.7 Å². The fourth-order valence-corrected chi connectivity index (χ4v) is 2.07. The van der Waals surface area contributed by atoms with Crippen molar-refractivity contribution in [2.24, 2.45) is 0 Å². The lowest BCUT2D eigenvalue weighted by Gasteiger charge is -2.27. The molecule has 1 N–H and O–H groups in total. The number of benzene rings is 1. The number of nitrogens with zero attached hydrogens (tertiary/aromatic N) is 2. The summed E-state index contributed by atoms with van der Waals surface area (Å²) < 4.78 is 0. The van der Waals surface area contributed by atoms with E-state index < -0.39 is 0 Å². The Balaban J connectivity index is 2.67. The van der Waals surface area contributed by atoms with Gasteiger partial charge in [-0.15, -0.1) is 0 Å². The van der Waals surface area contributed by atoms with E-state index in [4.69, 9.17) is 0 Å². The fraction of sp³-hybridized carbons (Fsp3) is 0.533. The monoisotopic (exact) mass is 264 g/mol. The summed E-state index contributed by atoms with van der Waals surface area (Å²) in [6, 6.07) is 7.26. The van der Waals surface area contributed by atoms with Gasteiger partial charge in [-0.1, -0.05) is 12.1 Å². The SMILES string of the molecule is CCN(CC)C(=O)CN(C)C(C)c1cccc(O)c1. The van der Waals surface area contributed by atoms with E-state index in [0.717, 1.165) is 18.7 Å². The Morgan fingerprint density at radius 3 is 2.47 bits per heavy atom. The molecule has 1 atom stereocenters. The van der Waals surface area contributed by atoms with Gasteiger partial charge in [0, 0.05) is 19.1 Å². The van der Waals surface area contributed by atoms with E-state index >= 15 is 0 Å². The molecule has 0 radical (unpaired) electrons. The molecule has 1 unspecified atom stereocenters. The van der Waals surface area contributed by atoms with Crippen LogP contribution >= 0.6 is 0 Å². The normalized spacial score (nSPS) is 12.5. The molecule has 4 nitrogen and oxygen atoms in total. The minimum Gasteiger partial charge on any atom is -0.508 e. The Morgan fingerprint density at radius 2 is 1.95 bits per heavy atom. The predicted molar refractivity (Wildman–Crippen MR) is 77.1 cm³/mol. The molecule has 0 saturated carbocycles. The maximum Gasteiger partial charge on any atom is 0.236 e. The molecule has 0 aromatic heterocycles. The van der Waals surface area contributed by atoms with Crippen LogP contribution in [-0.4, -0.2) is 47.5 Å². The van der Waals surface area contributed by atoms with Gasteiger partial charge in [0.2, 0.25) is 5.91 Å². The first kappa shape index (κ1) is 15.5. The second kappa shape index (κ2) is 7.14. The molecular weight excluding hydrogens is 240 g/mol. The first-order valence-electron chi connectivity index (χ1n) is 6.76. The molecule has 0 bridgehead atoms. The molecule has 0 fully saturated rings. The molecular formula is C15H24N2O2. The molecule has 1 amide bonds. The van der Waals surface area contributed by atoms with Crippen LogP contribution in [0.15, 0.2) is 24.3 Å². The second-order valence-corrected chi connectivity index (χ2v) is 4.75. The van der Waals surface area contributed by atoms with Gasteiger partial charge in [-0.05, 0) is 45.5 Å². The van der Waals surface area contributed by atoms with Crippen LogP contribution in [0.4, 0.5) is 0 Å². The van der Waals surface area contributed by atoms with Gasteiger partial charge in [0.05, 0.1) is 6.54 Å². The molecule has 1 rings (SSSR count). The molecule has 1 aromatic rings. The lowest BCUT2D eigenvalue weighted by Crippen LogP contribution is -2.39. The zero-order chi connectivity index (χ0) is 14.4. The molecule has 0 spiro atoms. The van der Waals surface area contributed by atoms with Crippen LogP contribution in [0, 0.1) is 0 Å². The average molecular weight is 264 g/mol. The summed E-state index contributed by atoms with van der Waals surface area (Å²) in [5, 5.41) is 9.50. The smallest absolute Gasteiger partial charge is 0.236 e. The first-order valence-corrected chi connectivity index (χ1v) is 6.76. The Bertz CT molecular complexity index is 416. The quantitative estimate of drug-likeness (QED) is 0.857. The third kappa shape index (κ3) is 4.24. The van der Waals surface area contributed by atoms with Crippen LogP contribution in [0.2, 0.25) is 0 Å². The van der Waals surface area contributed by atoms with E-state index in [1.54, 1.807) is 12.1 Å². The van der Waals surface area contributed by atoms with Crippen LogP contribution in [0.25, 0.3) is 0 Å². The van der Waals surface area contributed by atoms with Crippen molar-refractivity contribution in [3.05, 3.63) is 29.8 Å². The number of hydrogen-bond donors (Lipinski definition) is 1. The van der Waals surface area contributed by atoms with E-state index in [0.29, 0.717) is 6.54 Å². The summed E-state index contributed by atoms with van der Waals surface area (Å²) in [4.78, 5) is 15.9. The van der Waals surface area contributed by atoms with Gasteiger partial charge in [-0.2, -0.15) is 0 Å². The van der Waals surface area contributed by atoms with Crippen molar-refractivity contribution < 1.29 is 9.90 Å². The number of likely N-dealkylation sites (N-methyl/N-ethyl adjacent to an activating group) is 2. The van der Waals surface area contributed by atoms with Gasteiger partial charge >= 0.3 is 0 Å². The molecule has 0 aliphatic heterocycles. The predicted octanol–water partition coefficient (Wildman–Crippen LogP) is 2.25. The third-order valence-electron chi connectivity index (χ3n) is 3.51. The highest BCUT2D eigenvalue weighted by Crippen LogP contribution is 2.22. The van der Waals surface area contributed by atoms with Crippen LogP contribution in [0.3, 0.4) is 0 Å². The second-order valence-electron chi connectivity index (χ2n) is 4.75.